The summed E-state index contributed by atoms with van der Waals surface area (Å²) in [6.45, 7) is 0. The van der Waals surface area contributed by atoms with Crippen LogP contribution in [0.15, 0.2) is 60.8 Å². The number of hydrogen-bond acceptors (Lipinski definition) is 4. The van der Waals surface area contributed by atoms with Crippen LogP contribution in [-0.2, 0) is 0 Å². The largest absolute Gasteiger partial charge is 0.497 e. The van der Waals surface area contributed by atoms with Crippen LogP contribution in [0.4, 0.5) is 11.5 Å². The molecule has 0 radical (unpaired) electrons. The number of halogens is 1. The third-order valence-corrected chi connectivity index (χ3v) is 4.84. The Morgan fingerprint density at radius 2 is 1.66 bits per heavy atom. The second-order valence-electron chi connectivity index (χ2n) is 7.04. The molecule has 0 atom stereocenters. The molecular formula is C23H23ClN5O3+. The number of carbonyl (C=O) groups is 2. The van der Waals surface area contributed by atoms with E-state index < -0.39 is 5.91 Å². The molecule has 0 saturated carbocycles. The zero-order valence-electron chi connectivity index (χ0n) is 17.8. The first-order valence-electron chi connectivity index (χ1n) is 9.61. The number of pyridine rings is 1. The fraction of sp³-hybridized carbons (Fsp3) is 0.130. The van der Waals surface area contributed by atoms with Crippen LogP contribution in [0.25, 0.3) is 0 Å². The molecule has 8 nitrogen and oxygen atoms in total. The molecule has 0 bridgehead atoms. The fourth-order valence-corrected chi connectivity index (χ4v) is 2.94. The first kappa shape index (κ1) is 22.8. The van der Waals surface area contributed by atoms with Gasteiger partial charge in [-0.2, -0.15) is 0 Å². The minimum absolute atomic E-state index is 0.219. The van der Waals surface area contributed by atoms with Gasteiger partial charge >= 0.3 is 0 Å². The van der Waals surface area contributed by atoms with Crippen molar-refractivity contribution in [2.45, 2.75) is 0 Å². The Labute approximate surface area is 190 Å². The molecule has 164 valence electrons. The van der Waals surface area contributed by atoms with Crippen molar-refractivity contribution < 1.29 is 18.9 Å². The van der Waals surface area contributed by atoms with Crippen molar-refractivity contribution in [3.05, 3.63) is 82.5 Å². The Morgan fingerprint density at radius 1 is 0.969 bits per heavy atom. The van der Waals surface area contributed by atoms with E-state index in [1.54, 1.807) is 53.1 Å². The molecule has 0 spiro atoms. The van der Waals surface area contributed by atoms with E-state index in [0.29, 0.717) is 33.7 Å². The van der Waals surface area contributed by atoms with Gasteiger partial charge in [-0.05, 0) is 54.6 Å². The maximum Gasteiger partial charge on any atom is 0.274 e. The van der Waals surface area contributed by atoms with Crippen LogP contribution in [-0.4, -0.2) is 48.4 Å². The summed E-state index contributed by atoms with van der Waals surface area (Å²) >= 11 is 5.84. The predicted molar refractivity (Wildman–Crippen MR) is 125 cm³/mol. The van der Waals surface area contributed by atoms with Crippen LogP contribution >= 0.6 is 11.6 Å². The van der Waals surface area contributed by atoms with Gasteiger partial charge in [-0.3, -0.25) is 19.9 Å². The Balaban J connectivity index is 1.84. The molecule has 3 rings (SSSR count). The summed E-state index contributed by atoms with van der Waals surface area (Å²) in [5.41, 5.74) is 7.77. The predicted octanol–water partition coefficient (Wildman–Crippen LogP) is 3.23. The number of aromatic nitrogens is 1. The van der Waals surface area contributed by atoms with Crippen molar-refractivity contribution in [2.24, 2.45) is 5.73 Å². The number of carbonyl (C=O) groups excluding carboxylic acids is 2. The lowest BCUT2D eigenvalue weighted by molar-refractivity contribution is -0.464. The third-order valence-electron chi connectivity index (χ3n) is 4.61. The van der Waals surface area contributed by atoms with E-state index in [4.69, 9.17) is 22.1 Å². The van der Waals surface area contributed by atoms with E-state index in [0.717, 1.165) is 5.56 Å². The molecule has 0 aliphatic carbocycles. The molecule has 0 unspecified atom stereocenters. The quantitative estimate of drug-likeness (QED) is 0.302. The maximum atomic E-state index is 12.9. The Hall–Kier alpha value is -3.91. The average Bonchev–Trinajstić information content (AvgIpc) is 2.80. The number of nitrogens with two attached hydrogens (primary N) is 1. The summed E-state index contributed by atoms with van der Waals surface area (Å²) in [7, 11) is 5.17. The molecule has 32 heavy (non-hydrogen) atoms. The van der Waals surface area contributed by atoms with Crippen molar-refractivity contribution in [1.29, 1.82) is 0 Å². The average molecular weight is 453 g/mol. The highest BCUT2D eigenvalue weighted by Crippen LogP contribution is 2.24. The summed E-state index contributed by atoms with van der Waals surface area (Å²) in [4.78, 5) is 29.7. The van der Waals surface area contributed by atoms with Gasteiger partial charge in [0.05, 0.1) is 43.0 Å². The normalized spacial score (nSPS) is 10.2. The zero-order chi connectivity index (χ0) is 23.3. The summed E-state index contributed by atoms with van der Waals surface area (Å²) in [6.07, 6.45) is 1.43. The Morgan fingerprint density at radius 3 is 2.25 bits per heavy atom. The third kappa shape index (κ3) is 5.41. The van der Waals surface area contributed by atoms with E-state index in [1.807, 2.05) is 14.1 Å². The van der Waals surface area contributed by atoms with Crippen LogP contribution in [0.5, 0.6) is 5.75 Å². The van der Waals surface area contributed by atoms with E-state index in [9.17, 15) is 9.59 Å². The number of amidine groups is 1. The standard InChI is InChI=1S/C23H22ClN5O3/c1-29(2)21(25)14-4-6-15(7-5-14)22(30)27-19-10-9-17(32-3)12-18(19)23(31)28-20-11-8-16(24)13-26-20/h4-13,25H,1-3H3,(H2,26,27,28,30,31)/p+1. The van der Waals surface area contributed by atoms with Gasteiger partial charge in [0.15, 0.2) is 0 Å². The molecule has 2 aromatic carbocycles. The summed E-state index contributed by atoms with van der Waals surface area (Å²) in [5, 5.41) is 5.92. The summed E-state index contributed by atoms with van der Waals surface area (Å²) in [6, 6.07) is 14.9. The molecule has 1 aromatic heterocycles. The monoisotopic (exact) mass is 452 g/mol. The second kappa shape index (κ2) is 9.93. The molecular weight excluding hydrogens is 430 g/mol. The van der Waals surface area contributed by atoms with Gasteiger partial charge in [-0.15, -0.1) is 0 Å². The van der Waals surface area contributed by atoms with Gasteiger partial charge in [0, 0.05) is 11.8 Å². The first-order valence-corrected chi connectivity index (χ1v) is 9.98. The van der Waals surface area contributed by atoms with E-state index in [1.165, 1.54) is 19.4 Å². The van der Waals surface area contributed by atoms with Gasteiger partial charge < -0.3 is 15.4 Å². The molecule has 9 heteroatoms. The van der Waals surface area contributed by atoms with Crippen LogP contribution < -0.4 is 21.1 Å². The number of ether oxygens (including phenoxy) is 1. The lowest BCUT2D eigenvalue weighted by Gasteiger charge is -2.13. The number of benzene rings is 2. The van der Waals surface area contributed by atoms with Gasteiger partial charge in [-0.1, -0.05) is 11.6 Å². The van der Waals surface area contributed by atoms with Crippen LogP contribution in [0.3, 0.4) is 0 Å². The highest BCUT2D eigenvalue weighted by Gasteiger charge is 2.17. The molecule has 0 fully saturated rings. The van der Waals surface area contributed by atoms with Crippen molar-refractivity contribution in [2.75, 3.05) is 31.8 Å². The zero-order valence-corrected chi connectivity index (χ0v) is 18.6. The van der Waals surface area contributed by atoms with Crippen molar-refractivity contribution in [3.63, 3.8) is 0 Å². The van der Waals surface area contributed by atoms with Gasteiger partial charge in [0.1, 0.15) is 11.6 Å². The SMILES string of the molecule is COc1ccc(NC(=O)c2ccc(C(N)=[N+](C)C)cc2)c(C(=O)Nc2ccc(Cl)cn2)c1. The van der Waals surface area contributed by atoms with Crippen LogP contribution in [0.2, 0.25) is 5.02 Å². The molecule has 3 aromatic rings. The number of anilines is 2. The number of nitrogens with one attached hydrogen (secondary N) is 2. The molecule has 1 heterocycles. The van der Waals surface area contributed by atoms with Gasteiger partial charge in [0.25, 0.3) is 17.6 Å². The highest BCUT2D eigenvalue weighted by atomic mass is 35.5. The fourth-order valence-electron chi connectivity index (χ4n) is 2.83. The minimum Gasteiger partial charge on any atom is -0.497 e. The summed E-state index contributed by atoms with van der Waals surface area (Å²) in [5.74, 6) is 0.546. The lowest BCUT2D eigenvalue weighted by Crippen LogP contribution is -2.24. The topological polar surface area (TPSA) is 109 Å². The molecule has 0 aliphatic rings. The number of hydrogen-bond donors (Lipinski definition) is 3. The van der Waals surface area contributed by atoms with Crippen LogP contribution in [0.1, 0.15) is 26.3 Å². The number of amides is 2. The number of methoxy groups -OCH3 is 1. The lowest BCUT2D eigenvalue weighted by atomic mass is 10.1. The van der Waals surface area contributed by atoms with Gasteiger partial charge in [0.2, 0.25) is 0 Å². The second-order valence-corrected chi connectivity index (χ2v) is 7.47. The minimum atomic E-state index is -0.460. The van der Waals surface area contributed by atoms with E-state index in [2.05, 4.69) is 15.6 Å². The van der Waals surface area contributed by atoms with E-state index >= 15 is 0 Å². The van der Waals surface area contributed by atoms with Gasteiger partial charge in [-0.25, -0.2) is 4.98 Å². The molecule has 0 aliphatic heterocycles. The first-order chi connectivity index (χ1) is 15.3. The Kier molecular flexibility index (Phi) is 7.07. The van der Waals surface area contributed by atoms with E-state index in [-0.39, 0.29) is 11.5 Å². The number of rotatable bonds is 6. The molecule has 0 saturated heterocycles. The Bertz CT molecular complexity index is 1170. The van der Waals surface area contributed by atoms with Crippen molar-refractivity contribution >= 4 is 40.8 Å². The molecule has 4 N–H and O–H groups in total. The smallest absolute Gasteiger partial charge is 0.274 e. The maximum absolute atomic E-state index is 12.9. The van der Waals surface area contributed by atoms with Crippen LogP contribution in [0, 0.1) is 0 Å². The number of nitrogens with zero attached hydrogens (tertiary/aromatic N) is 2. The van der Waals surface area contributed by atoms with Crippen molar-refractivity contribution in [3.8, 4) is 5.75 Å². The van der Waals surface area contributed by atoms with Crippen molar-refractivity contribution in [1.82, 2.24) is 4.98 Å². The highest BCUT2D eigenvalue weighted by molar-refractivity contribution is 6.30. The summed E-state index contributed by atoms with van der Waals surface area (Å²) < 4.78 is 7.01. The molecule has 2 amide bonds.